The molecule has 1 spiro atoms. The second-order valence-corrected chi connectivity index (χ2v) is 5.82. The van der Waals surface area contributed by atoms with Gasteiger partial charge in [0.15, 0.2) is 0 Å². The molecule has 0 aromatic rings. The van der Waals surface area contributed by atoms with Crippen LogP contribution in [0.25, 0.3) is 0 Å². The van der Waals surface area contributed by atoms with Crippen LogP contribution in [0.3, 0.4) is 0 Å². The van der Waals surface area contributed by atoms with Gasteiger partial charge in [0.05, 0.1) is 6.54 Å². The first-order valence-corrected chi connectivity index (χ1v) is 7.04. The van der Waals surface area contributed by atoms with Gasteiger partial charge in [-0.25, -0.2) is 4.90 Å². The summed E-state index contributed by atoms with van der Waals surface area (Å²) in [6.07, 6.45) is 11.1. The van der Waals surface area contributed by atoms with E-state index in [2.05, 4.69) is 4.90 Å². The Morgan fingerprint density at radius 1 is 1.00 bits per heavy atom. The van der Waals surface area contributed by atoms with Crippen LogP contribution in [0.4, 0.5) is 0 Å². The zero-order chi connectivity index (χ0) is 11.0. The molecule has 0 aromatic carbocycles. The smallest absolute Gasteiger partial charge is 0.233 e. The molecule has 90 valence electrons. The molecule has 0 saturated carbocycles. The van der Waals surface area contributed by atoms with Crippen molar-refractivity contribution < 1.29 is 4.76 Å². The third-order valence-corrected chi connectivity index (χ3v) is 4.88. The highest BCUT2D eigenvalue weighted by Crippen LogP contribution is 2.41. The van der Waals surface area contributed by atoms with Crippen molar-refractivity contribution in [1.82, 2.24) is 4.90 Å². The fraction of sp³-hybridized carbons (Fsp3) is 1.00. The predicted molar refractivity (Wildman–Crippen MR) is 63.3 cm³/mol. The van der Waals surface area contributed by atoms with Gasteiger partial charge in [-0.15, -0.1) is 0 Å². The highest BCUT2D eigenvalue weighted by molar-refractivity contribution is 4.91. The molecule has 2 bridgehead atoms. The summed E-state index contributed by atoms with van der Waals surface area (Å²) in [5.74, 6) is 0. The molecule has 0 aliphatic carbocycles. The third-order valence-electron chi connectivity index (χ3n) is 4.88. The van der Waals surface area contributed by atoms with E-state index in [1.54, 1.807) is 0 Å². The molecule has 3 rings (SSSR count). The summed E-state index contributed by atoms with van der Waals surface area (Å²) in [6, 6.07) is 0.304. The summed E-state index contributed by atoms with van der Waals surface area (Å²) in [4.78, 5) is 15.1. The van der Waals surface area contributed by atoms with E-state index in [1.807, 2.05) is 0 Å². The Morgan fingerprint density at radius 2 is 1.75 bits per heavy atom. The van der Waals surface area contributed by atoms with Crippen molar-refractivity contribution in [2.24, 2.45) is 0 Å². The number of rotatable bonds is 0. The van der Waals surface area contributed by atoms with E-state index < -0.39 is 0 Å². The first kappa shape index (κ1) is 10.7. The van der Waals surface area contributed by atoms with Gasteiger partial charge >= 0.3 is 0 Å². The lowest BCUT2D eigenvalue weighted by atomic mass is 9.93. The summed E-state index contributed by atoms with van der Waals surface area (Å²) >= 11 is 0. The topological polar surface area (TPSA) is 23.3 Å². The molecule has 0 N–H and O–H groups in total. The summed E-state index contributed by atoms with van der Waals surface area (Å²) in [5.41, 5.74) is -0.0818. The average Bonchev–Trinajstić information content (AvgIpc) is 2.44. The first-order chi connectivity index (χ1) is 7.83. The van der Waals surface area contributed by atoms with Crippen LogP contribution in [0, 0.1) is 4.91 Å². The molecule has 3 aliphatic rings. The average molecular weight is 223 g/mol. The molecule has 3 aliphatic heterocycles. The number of nitroso groups, excluding NO2 is 1. The third kappa shape index (κ3) is 1.52. The van der Waals surface area contributed by atoms with Crippen LogP contribution in [0.5, 0.6) is 0 Å². The maximum atomic E-state index is 12.5. The molecule has 2 unspecified atom stereocenters. The van der Waals surface area contributed by atoms with Gasteiger partial charge < -0.3 is 0 Å². The second kappa shape index (κ2) is 4.10. The molecule has 3 nitrogen and oxygen atoms in total. The van der Waals surface area contributed by atoms with Crippen molar-refractivity contribution in [1.29, 1.82) is 0 Å². The molecule has 3 heterocycles. The minimum atomic E-state index is -0.0818. The van der Waals surface area contributed by atoms with Gasteiger partial charge in [-0.1, -0.05) is 12.8 Å². The predicted octanol–water partition coefficient (Wildman–Crippen LogP) is 2.68. The normalized spacial score (nSPS) is 41.0. The minimum absolute atomic E-state index is 0.0818. The standard InChI is InChI=1S/C13H23N2O/c16-15-12-7-3-1-4-8-13(15)9-5-2-6-10-14(13)11-12/h12H,1-11H2/q+1. The molecular formula is C13H23N2O+. The van der Waals surface area contributed by atoms with Crippen molar-refractivity contribution in [2.45, 2.75) is 69.5 Å². The van der Waals surface area contributed by atoms with E-state index in [0.29, 0.717) is 6.04 Å². The van der Waals surface area contributed by atoms with Crippen LogP contribution in [0.1, 0.15) is 57.8 Å². The first-order valence-electron chi connectivity index (χ1n) is 7.04. The monoisotopic (exact) mass is 223 g/mol. The SMILES string of the molecule is O=[N+]1C2CCCCCC13CCCCCN3C2. The second-order valence-electron chi connectivity index (χ2n) is 5.82. The highest BCUT2D eigenvalue weighted by atomic mass is 16.3. The minimum Gasteiger partial charge on any atom is -0.233 e. The van der Waals surface area contributed by atoms with Crippen molar-refractivity contribution >= 4 is 0 Å². The van der Waals surface area contributed by atoms with Gasteiger partial charge in [-0.05, 0) is 25.7 Å². The van der Waals surface area contributed by atoms with Gasteiger partial charge in [0.2, 0.25) is 6.04 Å². The van der Waals surface area contributed by atoms with Crippen LogP contribution < -0.4 is 0 Å². The molecule has 3 fully saturated rings. The molecule has 3 saturated heterocycles. The molecule has 0 aromatic heterocycles. The van der Waals surface area contributed by atoms with Crippen molar-refractivity contribution in [3.63, 3.8) is 0 Å². The van der Waals surface area contributed by atoms with Crippen LogP contribution in [0.15, 0.2) is 0 Å². The van der Waals surface area contributed by atoms with Crippen LogP contribution in [-0.4, -0.2) is 34.5 Å². The summed E-state index contributed by atoms with van der Waals surface area (Å²) < 4.78 is 1.51. The Balaban J connectivity index is 1.92. The molecule has 0 amide bonds. The largest absolute Gasteiger partial charge is 0.267 e. The number of hydrogen-bond donors (Lipinski definition) is 0. The van der Waals surface area contributed by atoms with Crippen LogP contribution in [0.2, 0.25) is 0 Å². The molecule has 3 heteroatoms. The fourth-order valence-corrected chi connectivity index (χ4v) is 4.00. The van der Waals surface area contributed by atoms with Gasteiger partial charge in [0.1, 0.15) is 0 Å². The van der Waals surface area contributed by atoms with Crippen LogP contribution in [-0.2, 0) is 0 Å². The fourth-order valence-electron chi connectivity index (χ4n) is 4.00. The molecule has 0 radical (unpaired) electrons. The Labute approximate surface area is 97.8 Å². The van der Waals surface area contributed by atoms with E-state index in [9.17, 15) is 4.91 Å². The van der Waals surface area contributed by atoms with E-state index in [1.165, 1.54) is 43.3 Å². The highest BCUT2D eigenvalue weighted by Gasteiger charge is 2.60. The van der Waals surface area contributed by atoms with Gasteiger partial charge in [-0.3, -0.25) is 0 Å². The zero-order valence-electron chi connectivity index (χ0n) is 10.2. The Morgan fingerprint density at radius 3 is 2.56 bits per heavy atom. The van der Waals surface area contributed by atoms with E-state index in [0.717, 1.165) is 32.4 Å². The molecule has 2 atom stereocenters. The van der Waals surface area contributed by atoms with E-state index >= 15 is 0 Å². The number of nitrogens with zero attached hydrogens (tertiary/aromatic N) is 2. The molecular weight excluding hydrogens is 200 g/mol. The van der Waals surface area contributed by atoms with E-state index in [-0.39, 0.29) is 5.66 Å². The number of fused-ring (bicyclic) bond motifs is 1. The Hall–Kier alpha value is -0.440. The Kier molecular flexibility index (Phi) is 2.74. The zero-order valence-corrected chi connectivity index (χ0v) is 10.2. The summed E-state index contributed by atoms with van der Waals surface area (Å²) in [6.45, 7) is 2.21. The number of hydrogen-bond acceptors (Lipinski definition) is 2. The molecule has 16 heavy (non-hydrogen) atoms. The quantitative estimate of drug-likeness (QED) is 0.589. The maximum absolute atomic E-state index is 12.5. The van der Waals surface area contributed by atoms with Gasteiger partial charge in [-0.2, -0.15) is 0 Å². The van der Waals surface area contributed by atoms with E-state index in [4.69, 9.17) is 0 Å². The van der Waals surface area contributed by atoms with Crippen molar-refractivity contribution in [3.8, 4) is 0 Å². The lowest BCUT2D eigenvalue weighted by Gasteiger charge is -2.28. The van der Waals surface area contributed by atoms with Gasteiger partial charge in [0.25, 0.3) is 5.66 Å². The lowest BCUT2D eigenvalue weighted by molar-refractivity contribution is -0.653. The maximum Gasteiger partial charge on any atom is 0.267 e. The summed E-state index contributed by atoms with van der Waals surface area (Å²) in [7, 11) is 0. The lowest BCUT2D eigenvalue weighted by Crippen LogP contribution is -2.49. The van der Waals surface area contributed by atoms with Crippen LogP contribution >= 0.6 is 0 Å². The van der Waals surface area contributed by atoms with Crippen molar-refractivity contribution in [3.05, 3.63) is 4.91 Å². The summed E-state index contributed by atoms with van der Waals surface area (Å²) in [5, 5.41) is 0. The Bertz CT molecular complexity index is 292. The van der Waals surface area contributed by atoms with Gasteiger partial charge in [0, 0.05) is 35.5 Å². The van der Waals surface area contributed by atoms with Crippen molar-refractivity contribution in [2.75, 3.05) is 13.1 Å².